The van der Waals surface area contributed by atoms with E-state index in [1.54, 1.807) is 6.26 Å². The topological polar surface area (TPSA) is 28.4 Å². The van der Waals surface area contributed by atoms with Crippen LogP contribution in [0.3, 0.4) is 0 Å². The summed E-state index contributed by atoms with van der Waals surface area (Å²) < 4.78 is 5.63. The molecule has 0 radical (unpaired) electrons. The van der Waals surface area contributed by atoms with Crippen molar-refractivity contribution in [1.82, 2.24) is 5.32 Å². The number of rotatable bonds is 7. The average Bonchev–Trinajstić information content (AvgIpc) is 3.22. The van der Waals surface area contributed by atoms with Crippen LogP contribution in [0.4, 0.5) is 5.69 Å². The fourth-order valence-corrected chi connectivity index (χ4v) is 2.42. The number of anilines is 1. The molecule has 1 N–H and O–H groups in total. The van der Waals surface area contributed by atoms with Crippen LogP contribution in [0.2, 0.25) is 0 Å². The van der Waals surface area contributed by atoms with Crippen molar-refractivity contribution in [2.75, 3.05) is 11.4 Å². The largest absolute Gasteiger partial charge is 0.468 e. The van der Waals surface area contributed by atoms with Crippen LogP contribution in [-0.4, -0.2) is 12.6 Å². The Morgan fingerprint density at radius 2 is 2.00 bits per heavy atom. The van der Waals surface area contributed by atoms with Crippen molar-refractivity contribution in [1.29, 1.82) is 0 Å². The number of para-hydroxylation sites is 1. The Hall–Kier alpha value is -1.74. The SMILES string of the molecule is CCN(Cc1ccoc1CNC1CC1)c1ccccc1. The maximum Gasteiger partial charge on any atom is 0.122 e. The molecule has 0 saturated heterocycles. The standard InChI is InChI=1S/C17H22N2O/c1-2-19(16-6-4-3-5-7-16)13-14-10-11-20-17(14)12-18-15-8-9-15/h3-7,10-11,15,18H,2,8-9,12-13H2,1H3. The van der Waals surface area contributed by atoms with Gasteiger partial charge in [-0.05, 0) is 38.0 Å². The molecule has 3 heteroatoms. The maximum absolute atomic E-state index is 5.63. The number of hydrogen-bond acceptors (Lipinski definition) is 3. The summed E-state index contributed by atoms with van der Waals surface area (Å²) in [6.07, 6.45) is 4.42. The molecule has 106 valence electrons. The summed E-state index contributed by atoms with van der Waals surface area (Å²) in [6.45, 7) is 4.93. The van der Waals surface area contributed by atoms with Crippen LogP contribution in [0.1, 0.15) is 31.1 Å². The lowest BCUT2D eigenvalue weighted by Crippen LogP contribution is -2.23. The molecular weight excluding hydrogens is 248 g/mol. The Morgan fingerprint density at radius 3 is 2.70 bits per heavy atom. The molecule has 0 spiro atoms. The molecule has 1 aliphatic carbocycles. The lowest BCUT2D eigenvalue weighted by molar-refractivity contribution is 0.477. The Morgan fingerprint density at radius 1 is 1.20 bits per heavy atom. The fraction of sp³-hybridized carbons (Fsp3) is 0.412. The Balaban J connectivity index is 1.67. The summed E-state index contributed by atoms with van der Waals surface area (Å²) in [4.78, 5) is 2.37. The first-order valence-corrected chi connectivity index (χ1v) is 7.45. The Labute approximate surface area is 120 Å². The second-order valence-electron chi connectivity index (χ2n) is 5.37. The third-order valence-corrected chi connectivity index (χ3v) is 3.83. The van der Waals surface area contributed by atoms with Crippen molar-refractivity contribution >= 4 is 5.69 Å². The van der Waals surface area contributed by atoms with E-state index in [0.29, 0.717) is 6.04 Å². The van der Waals surface area contributed by atoms with E-state index in [-0.39, 0.29) is 0 Å². The molecule has 0 aliphatic heterocycles. The third kappa shape index (κ3) is 3.23. The molecule has 20 heavy (non-hydrogen) atoms. The second-order valence-corrected chi connectivity index (χ2v) is 5.37. The van der Waals surface area contributed by atoms with E-state index in [4.69, 9.17) is 4.42 Å². The van der Waals surface area contributed by atoms with Gasteiger partial charge in [0.25, 0.3) is 0 Å². The van der Waals surface area contributed by atoms with Crippen LogP contribution in [0.15, 0.2) is 47.1 Å². The van der Waals surface area contributed by atoms with Crippen LogP contribution in [0.25, 0.3) is 0 Å². The van der Waals surface area contributed by atoms with Crippen molar-refractivity contribution in [3.8, 4) is 0 Å². The molecule has 1 aromatic heterocycles. The number of furan rings is 1. The summed E-state index contributed by atoms with van der Waals surface area (Å²) in [5.41, 5.74) is 2.54. The van der Waals surface area contributed by atoms with Gasteiger partial charge in [-0.3, -0.25) is 0 Å². The van der Waals surface area contributed by atoms with Crippen molar-refractivity contribution in [3.05, 3.63) is 54.0 Å². The van der Waals surface area contributed by atoms with Crippen LogP contribution in [0, 0.1) is 0 Å². The van der Waals surface area contributed by atoms with Gasteiger partial charge in [0, 0.05) is 30.4 Å². The highest BCUT2D eigenvalue weighted by Crippen LogP contribution is 2.22. The summed E-state index contributed by atoms with van der Waals surface area (Å²) in [7, 11) is 0. The monoisotopic (exact) mass is 270 g/mol. The fourth-order valence-electron chi connectivity index (χ4n) is 2.42. The highest BCUT2D eigenvalue weighted by atomic mass is 16.3. The van der Waals surface area contributed by atoms with Gasteiger partial charge < -0.3 is 14.6 Å². The molecule has 2 aromatic rings. The first-order valence-electron chi connectivity index (χ1n) is 7.45. The number of nitrogens with one attached hydrogen (secondary N) is 1. The van der Waals surface area contributed by atoms with Gasteiger partial charge in [0.15, 0.2) is 0 Å². The molecular formula is C17H22N2O. The number of nitrogens with zero attached hydrogens (tertiary/aromatic N) is 1. The van der Waals surface area contributed by atoms with Gasteiger partial charge in [0.2, 0.25) is 0 Å². The third-order valence-electron chi connectivity index (χ3n) is 3.83. The van der Waals surface area contributed by atoms with Gasteiger partial charge in [-0.2, -0.15) is 0 Å². The van der Waals surface area contributed by atoms with Gasteiger partial charge in [-0.25, -0.2) is 0 Å². The lowest BCUT2D eigenvalue weighted by Gasteiger charge is -2.23. The van der Waals surface area contributed by atoms with Gasteiger partial charge in [0.1, 0.15) is 5.76 Å². The second kappa shape index (κ2) is 6.14. The predicted octanol–water partition coefficient (Wildman–Crippen LogP) is 3.56. The summed E-state index contributed by atoms with van der Waals surface area (Å²) >= 11 is 0. The van der Waals surface area contributed by atoms with E-state index in [1.165, 1.54) is 24.1 Å². The van der Waals surface area contributed by atoms with Crippen LogP contribution in [-0.2, 0) is 13.1 Å². The molecule has 0 amide bonds. The van der Waals surface area contributed by atoms with Crippen molar-refractivity contribution < 1.29 is 4.42 Å². The molecule has 1 saturated carbocycles. The highest BCUT2D eigenvalue weighted by molar-refractivity contribution is 5.46. The molecule has 0 atom stereocenters. The smallest absolute Gasteiger partial charge is 0.122 e. The van der Waals surface area contributed by atoms with E-state index in [2.05, 4.69) is 53.5 Å². The van der Waals surface area contributed by atoms with E-state index in [0.717, 1.165) is 25.4 Å². The molecule has 1 fully saturated rings. The lowest BCUT2D eigenvalue weighted by atomic mass is 10.2. The first-order chi connectivity index (χ1) is 9.86. The van der Waals surface area contributed by atoms with Gasteiger partial charge in [-0.15, -0.1) is 0 Å². The zero-order valence-electron chi connectivity index (χ0n) is 12.0. The summed E-state index contributed by atoms with van der Waals surface area (Å²) in [6, 6.07) is 13.4. The van der Waals surface area contributed by atoms with Crippen LogP contribution < -0.4 is 10.2 Å². The molecule has 0 bridgehead atoms. The Kier molecular flexibility index (Phi) is 4.07. The molecule has 1 heterocycles. The quantitative estimate of drug-likeness (QED) is 0.834. The minimum atomic E-state index is 0.712. The summed E-state index contributed by atoms with van der Waals surface area (Å²) in [5, 5.41) is 3.52. The highest BCUT2D eigenvalue weighted by Gasteiger charge is 2.21. The van der Waals surface area contributed by atoms with Gasteiger partial charge >= 0.3 is 0 Å². The molecule has 0 unspecified atom stereocenters. The van der Waals surface area contributed by atoms with Crippen molar-refractivity contribution in [3.63, 3.8) is 0 Å². The van der Waals surface area contributed by atoms with Gasteiger partial charge in [0.05, 0.1) is 12.8 Å². The predicted molar refractivity (Wildman–Crippen MR) is 81.7 cm³/mol. The van der Waals surface area contributed by atoms with E-state index < -0.39 is 0 Å². The minimum Gasteiger partial charge on any atom is -0.468 e. The normalized spacial score (nSPS) is 14.4. The van der Waals surface area contributed by atoms with Crippen molar-refractivity contribution in [2.45, 2.75) is 38.9 Å². The van der Waals surface area contributed by atoms with Crippen LogP contribution in [0.5, 0.6) is 0 Å². The van der Waals surface area contributed by atoms with E-state index in [1.807, 2.05) is 0 Å². The van der Waals surface area contributed by atoms with E-state index in [9.17, 15) is 0 Å². The molecule has 3 rings (SSSR count). The number of benzene rings is 1. The Bertz CT molecular complexity index is 531. The summed E-state index contributed by atoms with van der Waals surface area (Å²) in [5.74, 6) is 1.08. The van der Waals surface area contributed by atoms with E-state index >= 15 is 0 Å². The van der Waals surface area contributed by atoms with Crippen molar-refractivity contribution in [2.24, 2.45) is 0 Å². The molecule has 1 aliphatic rings. The zero-order chi connectivity index (χ0) is 13.8. The first kappa shape index (κ1) is 13.3. The van der Waals surface area contributed by atoms with Gasteiger partial charge in [-0.1, -0.05) is 18.2 Å². The zero-order valence-corrected chi connectivity index (χ0v) is 12.0. The molecule has 3 nitrogen and oxygen atoms in total. The molecule has 1 aromatic carbocycles. The average molecular weight is 270 g/mol. The van der Waals surface area contributed by atoms with Crippen LogP contribution >= 0.6 is 0 Å². The number of hydrogen-bond donors (Lipinski definition) is 1. The maximum atomic E-state index is 5.63. The minimum absolute atomic E-state index is 0.712.